The van der Waals surface area contributed by atoms with E-state index >= 15 is 0 Å². The topological polar surface area (TPSA) is 3.24 Å². The van der Waals surface area contributed by atoms with Crippen LogP contribution in [0, 0.1) is 0 Å². The van der Waals surface area contributed by atoms with Gasteiger partial charge in [0.2, 0.25) is 0 Å². The summed E-state index contributed by atoms with van der Waals surface area (Å²) in [5, 5.41) is 0. The molecule has 9 aromatic carbocycles. The second-order valence-corrected chi connectivity index (χ2v) is 18.7. The lowest BCUT2D eigenvalue weighted by Crippen LogP contribution is -2.26. The molecule has 308 valence electrons. The summed E-state index contributed by atoms with van der Waals surface area (Å²) in [4.78, 5) is 2.51. The van der Waals surface area contributed by atoms with E-state index in [4.69, 9.17) is 0 Å². The minimum absolute atomic E-state index is 0.0917. The summed E-state index contributed by atoms with van der Waals surface area (Å²) in [7, 11) is 0. The summed E-state index contributed by atoms with van der Waals surface area (Å²) < 4.78 is 0. The highest BCUT2D eigenvalue weighted by Crippen LogP contribution is 2.65. The zero-order chi connectivity index (χ0) is 43.3. The zero-order valence-corrected chi connectivity index (χ0v) is 36.7. The van der Waals surface area contributed by atoms with E-state index in [9.17, 15) is 0 Å². The predicted molar refractivity (Wildman–Crippen MR) is 271 cm³/mol. The molecule has 0 aliphatic heterocycles. The van der Waals surface area contributed by atoms with Gasteiger partial charge in [-0.15, -0.1) is 0 Å². The maximum absolute atomic E-state index is 2.51. The lowest BCUT2D eigenvalue weighted by molar-refractivity contribution is 0.660. The van der Waals surface area contributed by atoms with Gasteiger partial charge in [-0.25, -0.2) is 0 Å². The van der Waals surface area contributed by atoms with Crippen molar-refractivity contribution >= 4 is 16.9 Å². The first kappa shape index (κ1) is 37.8. The molecule has 0 saturated carbocycles. The molecule has 1 nitrogen and oxygen atoms in total. The van der Waals surface area contributed by atoms with Gasteiger partial charge in [-0.2, -0.15) is 0 Å². The Kier molecular flexibility index (Phi) is 8.37. The van der Waals surface area contributed by atoms with Gasteiger partial charge in [0.05, 0.1) is 5.41 Å². The molecule has 0 N–H and O–H groups in total. The van der Waals surface area contributed by atoms with E-state index in [-0.39, 0.29) is 5.41 Å². The maximum Gasteiger partial charge on any atom is 0.0731 e. The molecule has 4 aliphatic rings. The fourth-order valence-corrected chi connectivity index (χ4v) is 12.1. The van der Waals surface area contributed by atoms with Gasteiger partial charge in [0, 0.05) is 22.5 Å². The van der Waals surface area contributed by atoms with Crippen LogP contribution in [0.3, 0.4) is 0 Å². The molecule has 0 aromatic heterocycles. The molecule has 65 heavy (non-hydrogen) atoms. The van der Waals surface area contributed by atoms with Crippen LogP contribution in [0.25, 0.3) is 61.2 Å². The van der Waals surface area contributed by atoms with Gasteiger partial charge in [0.15, 0.2) is 0 Å². The number of rotatable bonds is 6. The smallest absolute Gasteiger partial charge is 0.0731 e. The van der Waals surface area contributed by atoms with E-state index in [0.29, 0.717) is 0 Å². The molecule has 1 spiro atoms. The molecule has 1 unspecified atom stereocenters. The minimum atomic E-state index is -0.461. The summed E-state index contributed by atoms with van der Waals surface area (Å²) in [6.07, 6.45) is 6.63. The van der Waals surface area contributed by atoms with Crippen molar-refractivity contribution in [3.05, 3.63) is 269 Å². The highest BCUT2D eigenvalue weighted by Gasteiger charge is 2.52. The normalized spacial score (nSPS) is 16.7. The number of fused-ring (bicyclic) bond motifs is 13. The van der Waals surface area contributed by atoms with Gasteiger partial charge in [-0.3, -0.25) is 0 Å². The lowest BCUT2D eigenvalue weighted by atomic mass is 9.68. The van der Waals surface area contributed by atoms with E-state index < -0.39 is 5.41 Å². The standard InChI is InChI=1S/C64H47N/c1-63(2)57-25-12-9-20-51(57)54-39-37-49(41-60(54)63)65(47-33-28-43(29-34-47)42-16-5-3-6-17-42)48-35-30-44(31-36-48)46-32-38-55-52-21-10-13-26-58(52)64(61(55)40-46)59-27-14-11-22-53(59)56-24-15-23-50(62(56)64)45-18-7-4-8-19-45/h3-28,30-33,35-41H,29,34H2,1-2H3. The SMILES string of the molecule is CC1(C)c2ccccc2-c2ccc(N(C3=CC=C(c4ccccc4)CC3)c3ccc(-c4ccc5c(c4)C4(c6ccccc6-5)c5ccccc5-c5cccc(-c6ccccc6)c54)cc3)cc21. The van der Waals surface area contributed by atoms with Gasteiger partial charge >= 0.3 is 0 Å². The van der Waals surface area contributed by atoms with Crippen molar-refractivity contribution in [3.63, 3.8) is 0 Å². The third-order valence-electron chi connectivity index (χ3n) is 15.0. The Balaban J connectivity index is 0.951. The largest absolute Gasteiger partial charge is 0.314 e. The fraction of sp³-hybridized carbons (Fsp3) is 0.0938. The summed E-state index contributed by atoms with van der Waals surface area (Å²) in [6, 6.07) is 79.7. The van der Waals surface area contributed by atoms with E-state index in [0.717, 1.165) is 12.8 Å². The van der Waals surface area contributed by atoms with Crippen molar-refractivity contribution in [2.24, 2.45) is 0 Å². The molecule has 0 bridgehead atoms. The zero-order valence-electron chi connectivity index (χ0n) is 36.7. The number of hydrogen-bond donors (Lipinski definition) is 0. The van der Waals surface area contributed by atoms with Crippen LogP contribution in [0.1, 0.15) is 65.6 Å². The second-order valence-electron chi connectivity index (χ2n) is 18.7. The molecule has 13 rings (SSSR count). The van der Waals surface area contributed by atoms with Crippen LogP contribution in [-0.4, -0.2) is 0 Å². The average molecular weight is 830 g/mol. The predicted octanol–water partition coefficient (Wildman–Crippen LogP) is 16.6. The van der Waals surface area contributed by atoms with Gasteiger partial charge < -0.3 is 4.90 Å². The van der Waals surface area contributed by atoms with Crippen molar-refractivity contribution in [2.75, 3.05) is 4.90 Å². The van der Waals surface area contributed by atoms with Gasteiger partial charge in [-0.1, -0.05) is 202 Å². The monoisotopic (exact) mass is 829 g/mol. The Morgan fingerprint density at radius 1 is 0.338 bits per heavy atom. The molecular formula is C64H47N. The third kappa shape index (κ3) is 5.52. The van der Waals surface area contributed by atoms with Crippen molar-refractivity contribution in [2.45, 2.75) is 37.5 Å². The first-order valence-electron chi connectivity index (χ1n) is 23.1. The van der Waals surface area contributed by atoms with Crippen LogP contribution in [0.4, 0.5) is 11.4 Å². The Morgan fingerprint density at radius 2 is 0.862 bits per heavy atom. The first-order chi connectivity index (χ1) is 32.0. The van der Waals surface area contributed by atoms with Gasteiger partial charge in [0.1, 0.15) is 0 Å². The molecule has 0 saturated heterocycles. The number of benzene rings is 9. The Morgan fingerprint density at radius 3 is 1.55 bits per heavy atom. The third-order valence-corrected chi connectivity index (χ3v) is 15.0. The van der Waals surface area contributed by atoms with Crippen LogP contribution in [-0.2, 0) is 10.8 Å². The van der Waals surface area contributed by atoms with E-state index in [1.165, 1.54) is 117 Å². The first-order valence-corrected chi connectivity index (χ1v) is 23.1. The number of allylic oxidation sites excluding steroid dienone is 4. The highest BCUT2D eigenvalue weighted by atomic mass is 15.1. The maximum atomic E-state index is 2.51. The summed E-state index contributed by atoms with van der Waals surface area (Å²) in [6.45, 7) is 4.75. The van der Waals surface area contributed by atoms with Crippen LogP contribution < -0.4 is 4.90 Å². The molecule has 0 fully saturated rings. The second kappa shape index (κ2) is 14.4. The fourth-order valence-electron chi connectivity index (χ4n) is 12.1. The summed E-state index contributed by atoms with van der Waals surface area (Å²) in [5.74, 6) is 0. The minimum Gasteiger partial charge on any atom is -0.314 e. The van der Waals surface area contributed by atoms with Crippen molar-refractivity contribution in [3.8, 4) is 55.6 Å². The molecule has 1 heteroatoms. The molecule has 4 aliphatic carbocycles. The molecule has 0 heterocycles. The van der Waals surface area contributed by atoms with Crippen molar-refractivity contribution in [1.29, 1.82) is 0 Å². The van der Waals surface area contributed by atoms with Crippen LogP contribution in [0.15, 0.2) is 230 Å². The Hall–Kier alpha value is -7.74. The Labute approximate surface area is 382 Å². The Bertz CT molecular complexity index is 3430. The number of anilines is 2. The van der Waals surface area contributed by atoms with Crippen molar-refractivity contribution in [1.82, 2.24) is 0 Å². The van der Waals surface area contributed by atoms with Crippen LogP contribution in [0.5, 0.6) is 0 Å². The van der Waals surface area contributed by atoms with E-state index in [1.807, 2.05) is 0 Å². The molecule has 0 amide bonds. The van der Waals surface area contributed by atoms with Crippen molar-refractivity contribution < 1.29 is 0 Å². The molecule has 0 radical (unpaired) electrons. The van der Waals surface area contributed by atoms with Crippen LogP contribution in [0.2, 0.25) is 0 Å². The average Bonchev–Trinajstić information content (AvgIpc) is 3.93. The van der Waals surface area contributed by atoms with E-state index in [2.05, 4.69) is 243 Å². The van der Waals surface area contributed by atoms with Gasteiger partial charge in [0.25, 0.3) is 0 Å². The highest BCUT2D eigenvalue weighted by molar-refractivity contribution is 5.99. The molecular weight excluding hydrogens is 783 g/mol. The number of hydrogen-bond acceptors (Lipinski definition) is 1. The van der Waals surface area contributed by atoms with E-state index in [1.54, 1.807) is 0 Å². The van der Waals surface area contributed by atoms with Gasteiger partial charge in [-0.05, 0) is 149 Å². The summed E-state index contributed by atoms with van der Waals surface area (Å²) in [5.41, 5.74) is 27.0. The summed E-state index contributed by atoms with van der Waals surface area (Å²) >= 11 is 0. The molecule has 1 atom stereocenters. The van der Waals surface area contributed by atoms with Crippen LogP contribution >= 0.6 is 0 Å². The quantitative estimate of drug-likeness (QED) is 0.161. The molecule has 9 aromatic rings. The number of nitrogens with zero attached hydrogens (tertiary/aromatic N) is 1. The lowest BCUT2D eigenvalue weighted by Gasteiger charge is -2.32.